The molecule has 3 rings (SSSR count). The van der Waals surface area contributed by atoms with Gasteiger partial charge in [0.1, 0.15) is 15.6 Å². The predicted octanol–water partition coefficient (Wildman–Crippen LogP) is 2.16. The SMILES string of the molecule is CCCOC(=O)NS(=O)(=O)c1cc(-c2nc3c(CCC)nn(C)c3c(=O)[nH]2)cs1. The van der Waals surface area contributed by atoms with Crippen LogP contribution in [-0.2, 0) is 28.2 Å². The number of aromatic amines is 1. The van der Waals surface area contributed by atoms with E-state index in [2.05, 4.69) is 15.1 Å². The van der Waals surface area contributed by atoms with Crippen LogP contribution in [0.25, 0.3) is 22.4 Å². The van der Waals surface area contributed by atoms with E-state index in [1.165, 1.54) is 10.7 Å². The zero-order valence-corrected chi connectivity index (χ0v) is 17.8. The van der Waals surface area contributed by atoms with Crippen molar-refractivity contribution < 1.29 is 17.9 Å². The van der Waals surface area contributed by atoms with E-state index in [0.717, 1.165) is 17.8 Å². The molecule has 29 heavy (non-hydrogen) atoms. The van der Waals surface area contributed by atoms with E-state index in [9.17, 15) is 18.0 Å². The number of sulfonamides is 1. The zero-order valence-electron chi connectivity index (χ0n) is 16.2. The standard InChI is InChI=1S/C17H21N5O5S2/c1-4-6-11-13-14(22(3)20-11)16(23)19-15(18-13)10-8-12(28-9-10)29(25,26)21-17(24)27-7-5-2/h8-9H,4-7H2,1-3H3,(H,21,24)(H,18,19,23). The lowest BCUT2D eigenvalue weighted by Gasteiger charge is -2.05. The van der Waals surface area contributed by atoms with Gasteiger partial charge in [0.2, 0.25) is 0 Å². The van der Waals surface area contributed by atoms with Gasteiger partial charge in [0.25, 0.3) is 15.6 Å². The van der Waals surface area contributed by atoms with Crippen LogP contribution in [0.1, 0.15) is 32.4 Å². The van der Waals surface area contributed by atoms with Gasteiger partial charge in [-0.2, -0.15) is 5.10 Å². The molecule has 0 saturated heterocycles. The molecule has 0 aliphatic rings. The van der Waals surface area contributed by atoms with Crippen LogP contribution in [0.2, 0.25) is 0 Å². The number of fused-ring (bicyclic) bond motifs is 1. The number of amides is 1. The second-order valence-corrected chi connectivity index (χ2v) is 9.15. The first-order valence-corrected chi connectivity index (χ1v) is 11.4. The number of rotatable bonds is 7. The van der Waals surface area contributed by atoms with Crippen molar-refractivity contribution in [3.05, 3.63) is 27.5 Å². The van der Waals surface area contributed by atoms with Crippen LogP contribution in [0, 0.1) is 0 Å². The van der Waals surface area contributed by atoms with Crippen molar-refractivity contribution in [3.8, 4) is 11.4 Å². The minimum absolute atomic E-state index is 0.0938. The van der Waals surface area contributed by atoms with Gasteiger partial charge in [-0.15, -0.1) is 11.3 Å². The lowest BCUT2D eigenvalue weighted by atomic mass is 10.2. The molecule has 0 aliphatic heterocycles. The maximum atomic E-state index is 12.5. The third-order valence-electron chi connectivity index (χ3n) is 4.02. The lowest BCUT2D eigenvalue weighted by Crippen LogP contribution is -2.30. The van der Waals surface area contributed by atoms with Crippen molar-refractivity contribution in [1.29, 1.82) is 0 Å². The molecule has 0 bridgehead atoms. The average Bonchev–Trinajstić information content (AvgIpc) is 3.26. The Kier molecular flexibility index (Phi) is 6.03. The van der Waals surface area contributed by atoms with Gasteiger partial charge in [-0.25, -0.2) is 22.9 Å². The van der Waals surface area contributed by atoms with E-state index in [1.54, 1.807) is 19.4 Å². The number of carbonyl (C=O) groups excluding carboxylic acids is 1. The van der Waals surface area contributed by atoms with Crippen molar-refractivity contribution in [2.45, 2.75) is 37.3 Å². The summed E-state index contributed by atoms with van der Waals surface area (Å²) in [6.07, 6.45) is 1.05. The summed E-state index contributed by atoms with van der Waals surface area (Å²) in [5.74, 6) is 0.235. The molecule has 0 unspecified atom stereocenters. The number of nitrogens with zero attached hydrogens (tertiary/aromatic N) is 3. The minimum Gasteiger partial charge on any atom is -0.449 e. The van der Waals surface area contributed by atoms with Crippen molar-refractivity contribution in [1.82, 2.24) is 24.5 Å². The van der Waals surface area contributed by atoms with Crippen molar-refractivity contribution >= 4 is 38.5 Å². The summed E-state index contributed by atoms with van der Waals surface area (Å²) in [5, 5.41) is 5.90. The first-order chi connectivity index (χ1) is 13.8. The molecular weight excluding hydrogens is 418 g/mol. The highest BCUT2D eigenvalue weighted by Gasteiger charge is 2.22. The van der Waals surface area contributed by atoms with Crippen LogP contribution in [0.5, 0.6) is 0 Å². The summed E-state index contributed by atoms with van der Waals surface area (Å²) in [4.78, 5) is 31.3. The number of nitrogens with one attached hydrogen (secondary N) is 2. The van der Waals surface area contributed by atoms with E-state index in [0.29, 0.717) is 35.1 Å². The largest absolute Gasteiger partial charge is 0.449 e. The zero-order chi connectivity index (χ0) is 21.2. The Morgan fingerprint density at radius 3 is 2.79 bits per heavy atom. The van der Waals surface area contributed by atoms with Crippen LogP contribution in [0.4, 0.5) is 4.79 Å². The maximum absolute atomic E-state index is 12.5. The fourth-order valence-electron chi connectivity index (χ4n) is 2.75. The number of aryl methyl sites for hydroxylation is 2. The molecule has 3 aromatic heterocycles. The fourth-order valence-corrected chi connectivity index (χ4v) is 4.81. The molecule has 0 fully saturated rings. The van der Waals surface area contributed by atoms with Crippen LogP contribution in [-0.4, -0.2) is 40.9 Å². The second kappa shape index (κ2) is 8.33. The summed E-state index contributed by atoms with van der Waals surface area (Å²) in [7, 11) is -2.41. The number of aromatic nitrogens is 4. The van der Waals surface area contributed by atoms with Gasteiger partial charge in [-0.05, 0) is 18.9 Å². The second-order valence-electron chi connectivity index (χ2n) is 6.33. The lowest BCUT2D eigenvalue weighted by molar-refractivity contribution is 0.152. The molecule has 3 aromatic rings. The number of hydrogen-bond donors (Lipinski definition) is 2. The molecule has 1 amide bonds. The topological polar surface area (TPSA) is 136 Å². The number of ether oxygens (including phenoxy) is 1. The average molecular weight is 440 g/mol. The van der Waals surface area contributed by atoms with Gasteiger partial charge in [0.05, 0.1) is 12.3 Å². The van der Waals surface area contributed by atoms with Gasteiger partial charge in [0, 0.05) is 18.0 Å². The molecule has 0 saturated carbocycles. The normalized spacial score (nSPS) is 11.7. The van der Waals surface area contributed by atoms with Crippen LogP contribution in [0.15, 0.2) is 20.5 Å². The molecule has 2 N–H and O–H groups in total. The van der Waals surface area contributed by atoms with E-state index < -0.39 is 16.1 Å². The highest BCUT2D eigenvalue weighted by Crippen LogP contribution is 2.27. The summed E-state index contributed by atoms with van der Waals surface area (Å²) in [6, 6.07) is 1.35. The van der Waals surface area contributed by atoms with Crippen molar-refractivity contribution in [2.24, 2.45) is 7.05 Å². The summed E-state index contributed by atoms with van der Waals surface area (Å²) < 4.78 is 32.7. The molecule has 0 aromatic carbocycles. The van der Waals surface area contributed by atoms with Crippen molar-refractivity contribution in [3.63, 3.8) is 0 Å². The quantitative estimate of drug-likeness (QED) is 0.576. The van der Waals surface area contributed by atoms with Gasteiger partial charge < -0.3 is 9.72 Å². The number of hydrogen-bond acceptors (Lipinski definition) is 8. The Balaban J connectivity index is 1.96. The molecule has 0 radical (unpaired) electrons. The Morgan fingerprint density at radius 1 is 1.34 bits per heavy atom. The van der Waals surface area contributed by atoms with Crippen LogP contribution < -0.4 is 10.3 Å². The van der Waals surface area contributed by atoms with Gasteiger partial charge >= 0.3 is 6.09 Å². The molecule has 12 heteroatoms. The molecule has 0 atom stereocenters. The van der Waals surface area contributed by atoms with Gasteiger partial charge in [0.15, 0.2) is 5.52 Å². The number of thiophene rings is 1. The first kappa shape index (κ1) is 21.0. The minimum atomic E-state index is -4.08. The highest BCUT2D eigenvalue weighted by molar-refractivity contribution is 7.92. The van der Waals surface area contributed by atoms with Gasteiger partial charge in [-0.3, -0.25) is 9.48 Å². The van der Waals surface area contributed by atoms with Crippen LogP contribution in [0.3, 0.4) is 0 Å². The summed E-state index contributed by atoms with van der Waals surface area (Å²) >= 11 is 0.907. The van der Waals surface area contributed by atoms with Crippen LogP contribution >= 0.6 is 11.3 Å². The summed E-state index contributed by atoms with van der Waals surface area (Å²) in [5.41, 5.74) is 1.62. The molecule has 10 nitrogen and oxygen atoms in total. The Hall–Kier alpha value is -2.73. The molecule has 0 aliphatic carbocycles. The predicted molar refractivity (Wildman–Crippen MR) is 108 cm³/mol. The Morgan fingerprint density at radius 2 is 2.10 bits per heavy atom. The molecule has 0 spiro atoms. The Labute approximate surface area is 171 Å². The highest BCUT2D eigenvalue weighted by atomic mass is 32.2. The van der Waals surface area contributed by atoms with E-state index in [1.807, 2.05) is 11.6 Å². The van der Waals surface area contributed by atoms with E-state index in [4.69, 9.17) is 4.74 Å². The van der Waals surface area contributed by atoms with E-state index in [-0.39, 0.29) is 22.2 Å². The first-order valence-electron chi connectivity index (χ1n) is 9.01. The number of H-pyrrole nitrogens is 1. The van der Waals surface area contributed by atoms with Crippen molar-refractivity contribution in [2.75, 3.05) is 6.61 Å². The van der Waals surface area contributed by atoms with E-state index >= 15 is 0 Å². The fraction of sp³-hybridized carbons (Fsp3) is 0.412. The summed E-state index contributed by atoms with van der Waals surface area (Å²) in [6.45, 7) is 3.92. The molecule has 156 valence electrons. The van der Waals surface area contributed by atoms with Gasteiger partial charge in [-0.1, -0.05) is 20.3 Å². The monoisotopic (exact) mass is 439 g/mol. The smallest absolute Gasteiger partial charge is 0.421 e. The maximum Gasteiger partial charge on any atom is 0.421 e. The number of carbonyl (C=O) groups is 1. The molecular formula is C17H21N5O5S2. The third kappa shape index (κ3) is 4.32. The Bertz CT molecular complexity index is 1210. The third-order valence-corrected chi connectivity index (χ3v) is 6.77. The molecule has 3 heterocycles.